The Morgan fingerprint density at radius 2 is 1.87 bits per heavy atom. The summed E-state index contributed by atoms with van der Waals surface area (Å²) in [6.45, 7) is 9.15. The fourth-order valence-electron chi connectivity index (χ4n) is 4.33. The van der Waals surface area contributed by atoms with E-state index in [0.29, 0.717) is 37.0 Å². The summed E-state index contributed by atoms with van der Waals surface area (Å²) in [4.78, 5) is 19.2. The molecule has 1 aromatic heterocycles. The Morgan fingerprint density at radius 1 is 1.13 bits per heavy atom. The third-order valence-electron chi connectivity index (χ3n) is 6.45. The van der Waals surface area contributed by atoms with Crippen LogP contribution in [0.4, 0.5) is 4.79 Å². The first-order valence-electron chi connectivity index (χ1n) is 12.8. The van der Waals surface area contributed by atoms with E-state index in [4.69, 9.17) is 18.6 Å². The van der Waals surface area contributed by atoms with Gasteiger partial charge >= 0.3 is 6.09 Å². The highest BCUT2D eigenvalue weighted by Crippen LogP contribution is 2.26. The molecule has 7 nitrogen and oxygen atoms in total. The van der Waals surface area contributed by atoms with Gasteiger partial charge in [-0.15, -0.1) is 0 Å². The summed E-state index contributed by atoms with van der Waals surface area (Å²) >= 11 is 0. The lowest BCUT2D eigenvalue weighted by atomic mass is 10.1. The van der Waals surface area contributed by atoms with Crippen LogP contribution >= 0.6 is 0 Å². The van der Waals surface area contributed by atoms with Gasteiger partial charge in [0.25, 0.3) is 0 Å². The minimum absolute atomic E-state index is 0.121. The van der Waals surface area contributed by atoms with E-state index in [2.05, 4.69) is 11.6 Å². The third kappa shape index (κ3) is 6.73. The SMILES string of the molecule is C=C(/C=C\C(=C/C)OCCc1nc(-c2ccccc2)oc1C)[C@H]1CCCN1C(=O)Oc1ccc(OC)cc1. The smallest absolute Gasteiger partial charge is 0.415 e. The predicted octanol–water partition coefficient (Wildman–Crippen LogP) is 6.90. The standard InChI is InChI=1S/C31H34N2O5/c1-5-25(36-21-19-28-23(3)37-30(32-28)24-10-7-6-8-11-24)14-13-22(2)29-12-9-20-33(29)31(34)38-27-17-15-26(35-4)16-18-27/h5-8,10-11,13-18,29H,2,9,12,19-21H2,1,3-4H3/b14-13-,25-5+/t29-/m1/s1. The number of carbonyl (C=O) groups excluding carboxylic acids is 1. The van der Waals surface area contributed by atoms with Gasteiger partial charge in [-0.3, -0.25) is 0 Å². The topological polar surface area (TPSA) is 74.0 Å². The maximum atomic E-state index is 12.8. The normalized spacial score (nSPS) is 15.6. The van der Waals surface area contributed by atoms with Crippen LogP contribution in [0, 0.1) is 6.92 Å². The highest BCUT2D eigenvalue weighted by atomic mass is 16.6. The van der Waals surface area contributed by atoms with Crippen molar-refractivity contribution in [3.8, 4) is 23.0 Å². The number of methoxy groups -OCH3 is 1. The Hall–Kier alpha value is -4.26. The Kier molecular flexibility index (Phi) is 9.03. The van der Waals surface area contributed by atoms with Crippen molar-refractivity contribution in [3.63, 3.8) is 0 Å². The van der Waals surface area contributed by atoms with Gasteiger partial charge in [-0.2, -0.15) is 0 Å². The number of carbonyl (C=O) groups is 1. The summed E-state index contributed by atoms with van der Waals surface area (Å²) in [6, 6.07) is 16.7. The average molecular weight is 515 g/mol. The molecule has 4 rings (SSSR count). The first kappa shape index (κ1) is 26.8. The zero-order valence-corrected chi connectivity index (χ0v) is 22.2. The molecular formula is C31H34N2O5. The summed E-state index contributed by atoms with van der Waals surface area (Å²) < 4.78 is 22.6. The van der Waals surface area contributed by atoms with Crippen LogP contribution in [0.15, 0.2) is 95.2 Å². The molecule has 0 aliphatic carbocycles. The van der Waals surface area contributed by atoms with Crippen molar-refractivity contribution in [2.24, 2.45) is 0 Å². The quantitative estimate of drug-likeness (QED) is 0.216. The number of likely N-dealkylation sites (tertiary alicyclic amines) is 1. The fraction of sp³-hybridized carbons (Fsp3) is 0.290. The first-order chi connectivity index (χ1) is 18.5. The first-order valence-corrected chi connectivity index (χ1v) is 12.8. The summed E-state index contributed by atoms with van der Waals surface area (Å²) in [5, 5.41) is 0. The molecule has 0 bridgehead atoms. The van der Waals surface area contributed by atoms with E-state index >= 15 is 0 Å². The molecule has 1 saturated heterocycles. The van der Waals surface area contributed by atoms with Crippen molar-refractivity contribution >= 4 is 6.09 Å². The van der Waals surface area contributed by atoms with Crippen LogP contribution in [-0.4, -0.2) is 42.3 Å². The molecule has 38 heavy (non-hydrogen) atoms. The number of hydrogen-bond donors (Lipinski definition) is 0. The van der Waals surface area contributed by atoms with Crippen LogP contribution in [0.5, 0.6) is 11.5 Å². The molecule has 0 saturated carbocycles. The number of allylic oxidation sites excluding steroid dienone is 2. The number of aromatic nitrogens is 1. The molecular weight excluding hydrogens is 480 g/mol. The fourth-order valence-corrected chi connectivity index (χ4v) is 4.33. The lowest BCUT2D eigenvalue weighted by molar-refractivity contribution is 0.153. The van der Waals surface area contributed by atoms with Crippen molar-refractivity contribution in [3.05, 3.63) is 102 Å². The highest BCUT2D eigenvalue weighted by molar-refractivity contribution is 5.72. The van der Waals surface area contributed by atoms with Crippen molar-refractivity contribution in [1.82, 2.24) is 9.88 Å². The van der Waals surface area contributed by atoms with Crippen LogP contribution in [0.25, 0.3) is 11.5 Å². The summed E-state index contributed by atoms with van der Waals surface area (Å²) in [7, 11) is 1.60. The molecule has 1 amide bonds. The number of nitrogens with zero attached hydrogens (tertiary/aromatic N) is 2. The number of amides is 1. The van der Waals surface area contributed by atoms with Gasteiger partial charge in [0.1, 0.15) is 23.0 Å². The molecule has 0 N–H and O–H groups in total. The lowest BCUT2D eigenvalue weighted by Gasteiger charge is -2.24. The number of ether oxygens (including phenoxy) is 3. The van der Waals surface area contributed by atoms with Gasteiger partial charge in [0.15, 0.2) is 0 Å². The zero-order chi connectivity index (χ0) is 26.9. The van der Waals surface area contributed by atoms with Crippen LogP contribution < -0.4 is 9.47 Å². The molecule has 1 fully saturated rings. The second kappa shape index (κ2) is 12.8. The van der Waals surface area contributed by atoms with Crippen LogP contribution in [0.1, 0.15) is 31.2 Å². The molecule has 198 valence electrons. The van der Waals surface area contributed by atoms with E-state index in [9.17, 15) is 4.79 Å². The van der Waals surface area contributed by atoms with E-state index < -0.39 is 0 Å². The van der Waals surface area contributed by atoms with E-state index in [1.807, 2.05) is 62.4 Å². The Balaban J connectivity index is 1.29. The molecule has 0 spiro atoms. The second-order valence-corrected chi connectivity index (χ2v) is 8.98. The van der Waals surface area contributed by atoms with Crippen LogP contribution in [0.2, 0.25) is 0 Å². The molecule has 1 aliphatic rings. The van der Waals surface area contributed by atoms with E-state index in [-0.39, 0.29) is 12.1 Å². The minimum atomic E-state index is -0.382. The van der Waals surface area contributed by atoms with E-state index in [1.165, 1.54) is 0 Å². The predicted molar refractivity (Wildman–Crippen MR) is 147 cm³/mol. The van der Waals surface area contributed by atoms with Gasteiger partial charge in [0.2, 0.25) is 5.89 Å². The zero-order valence-electron chi connectivity index (χ0n) is 22.2. The molecule has 1 aliphatic heterocycles. The molecule has 0 radical (unpaired) electrons. The monoisotopic (exact) mass is 514 g/mol. The molecule has 7 heteroatoms. The summed E-state index contributed by atoms with van der Waals surface area (Å²) in [5.41, 5.74) is 2.66. The van der Waals surface area contributed by atoms with Gasteiger partial charge in [0, 0.05) is 18.5 Å². The number of oxazole rings is 1. The Labute approximate surface area is 224 Å². The van der Waals surface area contributed by atoms with Crippen molar-refractivity contribution in [1.29, 1.82) is 0 Å². The molecule has 2 aromatic carbocycles. The van der Waals surface area contributed by atoms with Gasteiger partial charge in [-0.05, 0) is 80.8 Å². The van der Waals surface area contributed by atoms with Gasteiger partial charge < -0.3 is 23.5 Å². The van der Waals surface area contributed by atoms with Gasteiger partial charge in [0.05, 0.1) is 25.5 Å². The Morgan fingerprint density at radius 3 is 2.58 bits per heavy atom. The van der Waals surface area contributed by atoms with Gasteiger partial charge in [-0.1, -0.05) is 30.9 Å². The molecule has 0 unspecified atom stereocenters. The van der Waals surface area contributed by atoms with E-state index in [1.54, 1.807) is 36.3 Å². The highest BCUT2D eigenvalue weighted by Gasteiger charge is 2.31. The third-order valence-corrected chi connectivity index (χ3v) is 6.45. The number of aryl methyl sites for hydroxylation is 1. The lowest BCUT2D eigenvalue weighted by Crippen LogP contribution is -2.38. The second-order valence-electron chi connectivity index (χ2n) is 8.98. The van der Waals surface area contributed by atoms with Crippen molar-refractivity contribution < 1.29 is 23.4 Å². The Bertz CT molecular complexity index is 1290. The average Bonchev–Trinajstić information content (AvgIpc) is 3.58. The number of benzene rings is 2. The maximum Gasteiger partial charge on any atom is 0.415 e. The van der Waals surface area contributed by atoms with Crippen LogP contribution in [-0.2, 0) is 11.2 Å². The number of hydrogen-bond acceptors (Lipinski definition) is 6. The van der Waals surface area contributed by atoms with Crippen molar-refractivity contribution in [2.75, 3.05) is 20.3 Å². The summed E-state index contributed by atoms with van der Waals surface area (Å²) in [5.74, 6) is 3.32. The summed E-state index contributed by atoms with van der Waals surface area (Å²) in [6.07, 6.45) is 7.67. The van der Waals surface area contributed by atoms with Crippen molar-refractivity contribution in [2.45, 2.75) is 39.2 Å². The largest absolute Gasteiger partial charge is 0.497 e. The number of rotatable bonds is 10. The molecule has 2 heterocycles. The minimum Gasteiger partial charge on any atom is -0.497 e. The molecule has 3 aromatic rings. The molecule has 1 atom stereocenters. The van der Waals surface area contributed by atoms with Crippen LogP contribution in [0.3, 0.4) is 0 Å². The van der Waals surface area contributed by atoms with E-state index in [0.717, 1.165) is 41.2 Å². The maximum absolute atomic E-state index is 12.8. The van der Waals surface area contributed by atoms with Gasteiger partial charge in [-0.25, -0.2) is 9.78 Å².